The van der Waals surface area contributed by atoms with Crippen molar-refractivity contribution in [2.75, 3.05) is 20.2 Å². The number of nitrogens with one attached hydrogen (secondary N) is 1. The number of alkyl carbamates (subject to hydrolysis) is 1. The first-order valence-electron chi connectivity index (χ1n) is 10.5. The lowest BCUT2D eigenvalue weighted by Gasteiger charge is -2.28. The van der Waals surface area contributed by atoms with Crippen molar-refractivity contribution in [3.63, 3.8) is 0 Å². The molecule has 31 heavy (non-hydrogen) atoms. The minimum Gasteiger partial charge on any atom is -0.469 e. The number of hydrogen-bond donors (Lipinski definition) is 1. The first kappa shape index (κ1) is 25.0. The van der Waals surface area contributed by atoms with Gasteiger partial charge in [0.25, 0.3) is 0 Å². The van der Waals surface area contributed by atoms with E-state index in [0.29, 0.717) is 18.0 Å². The minimum absolute atomic E-state index is 0.0908. The third-order valence-electron chi connectivity index (χ3n) is 5.27. The smallest absolute Gasteiger partial charge is 0.408 e. The quantitative estimate of drug-likeness (QED) is 0.665. The Morgan fingerprint density at radius 3 is 2.29 bits per heavy atom. The summed E-state index contributed by atoms with van der Waals surface area (Å²) in [5, 5.41) is 3.34. The maximum Gasteiger partial charge on any atom is 0.408 e. The van der Waals surface area contributed by atoms with E-state index in [2.05, 4.69) is 5.32 Å². The van der Waals surface area contributed by atoms with Gasteiger partial charge in [0.2, 0.25) is 5.91 Å². The van der Waals surface area contributed by atoms with Gasteiger partial charge in [0.15, 0.2) is 0 Å². The van der Waals surface area contributed by atoms with Gasteiger partial charge in [-0.3, -0.25) is 9.59 Å². The highest BCUT2D eigenvalue weighted by Crippen LogP contribution is 2.29. The summed E-state index contributed by atoms with van der Waals surface area (Å²) in [6.45, 7) is 9.67. The van der Waals surface area contributed by atoms with E-state index >= 15 is 0 Å². The Morgan fingerprint density at radius 1 is 1.16 bits per heavy atom. The van der Waals surface area contributed by atoms with Gasteiger partial charge in [0.1, 0.15) is 11.6 Å². The fourth-order valence-corrected chi connectivity index (χ4v) is 3.87. The topological polar surface area (TPSA) is 84.9 Å². The maximum absolute atomic E-state index is 13.3. The molecule has 1 heterocycles. The van der Waals surface area contributed by atoms with Crippen LogP contribution in [0.4, 0.5) is 4.79 Å². The molecule has 0 radical (unpaired) electrons. The molecule has 1 aromatic carbocycles. The molecule has 3 atom stereocenters. The summed E-state index contributed by atoms with van der Waals surface area (Å²) in [7, 11) is 1.35. The van der Waals surface area contributed by atoms with Crippen LogP contribution in [0.2, 0.25) is 5.02 Å². The first-order valence-corrected chi connectivity index (χ1v) is 10.9. The van der Waals surface area contributed by atoms with Crippen LogP contribution in [0.5, 0.6) is 0 Å². The largest absolute Gasteiger partial charge is 0.469 e. The zero-order valence-electron chi connectivity index (χ0n) is 19.1. The molecule has 0 aliphatic carbocycles. The van der Waals surface area contributed by atoms with E-state index in [0.717, 1.165) is 5.56 Å². The van der Waals surface area contributed by atoms with Gasteiger partial charge in [-0.2, -0.15) is 0 Å². The molecule has 1 saturated heterocycles. The van der Waals surface area contributed by atoms with Crippen LogP contribution in [0.1, 0.15) is 40.2 Å². The van der Waals surface area contributed by atoms with Gasteiger partial charge in [0.05, 0.1) is 13.0 Å². The number of carbonyl (C=O) groups excluding carboxylic acids is 3. The number of ether oxygens (including phenoxy) is 2. The Bertz CT molecular complexity index is 788. The van der Waals surface area contributed by atoms with Crippen molar-refractivity contribution in [2.45, 2.75) is 52.7 Å². The molecule has 2 rings (SSSR count). The normalized spacial score (nSPS) is 19.8. The second-order valence-electron chi connectivity index (χ2n) is 9.33. The molecule has 0 bridgehead atoms. The summed E-state index contributed by atoms with van der Waals surface area (Å²) < 4.78 is 10.3. The Kier molecular flexibility index (Phi) is 8.34. The van der Waals surface area contributed by atoms with E-state index in [-0.39, 0.29) is 30.3 Å². The summed E-state index contributed by atoms with van der Waals surface area (Å²) >= 11 is 5.97. The van der Waals surface area contributed by atoms with Crippen LogP contribution in [0.3, 0.4) is 0 Å². The van der Waals surface area contributed by atoms with Gasteiger partial charge in [-0.1, -0.05) is 37.6 Å². The third-order valence-corrected chi connectivity index (χ3v) is 5.52. The number of halogens is 1. The Morgan fingerprint density at radius 2 is 1.77 bits per heavy atom. The molecule has 1 aliphatic rings. The standard InChI is InChI=1S/C23H33ClN2O5/c1-14(2)19(25-22(29)31-23(3,4)5)20(27)26-12-16(18(13-26)21(28)30-6)11-15-7-9-17(24)10-8-15/h7-10,14,16,18-19H,11-13H2,1-6H3,(H,25,29)/t16?,18?,19-/m0/s1. The number of amides is 2. The van der Waals surface area contributed by atoms with Gasteiger partial charge in [-0.05, 0) is 56.7 Å². The molecule has 1 N–H and O–H groups in total. The molecule has 0 saturated carbocycles. The Hall–Kier alpha value is -2.28. The lowest BCUT2D eigenvalue weighted by atomic mass is 9.90. The van der Waals surface area contributed by atoms with Gasteiger partial charge in [-0.25, -0.2) is 4.79 Å². The number of likely N-dealkylation sites (tertiary alicyclic amines) is 1. The highest BCUT2D eigenvalue weighted by molar-refractivity contribution is 6.30. The predicted molar refractivity (Wildman–Crippen MR) is 119 cm³/mol. The molecule has 0 spiro atoms. The molecule has 7 nitrogen and oxygen atoms in total. The van der Waals surface area contributed by atoms with Crippen molar-refractivity contribution in [3.8, 4) is 0 Å². The van der Waals surface area contributed by atoms with E-state index in [4.69, 9.17) is 21.1 Å². The fourth-order valence-electron chi connectivity index (χ4n) is 3.74. The SMILES string of the molecule is COC(=O)C1CN(C(=O)[C@@H](NC(=O)OC(C)(C)C)C(C)C)CC1Cc1ccc(Cl)cc1. The van der Waals surface area contributed by atoms with E-state index in [1.165, 1.54) is 7.11 Å². The molecule has 1 fully saturated rings. The Labute approximate surface area is 189 Å². The minimum atomic E-state index is -0.748. The van der Waals surface area contributed by atoms with Crippen LogP contribution in [0.15, 0.2) is 24.3 Å². The average Bonchev–Trinajstić information content (AvgIpc) is 3.09. The molecule has 2 amide bonds. The Balaban J connectivity index is 2.15. The molecular formula is C23H33ClN2O5. The van der Waals surface area contributed by atoms with Crippen molar-refractivity contribution < 1.29 is 23.9 Å². The summed E-state index contributed by atoms with van der Waals surface area (Å²) in [6.07, 6.45) is -0.0204. The number of benzene rings is 1. The summed E-state index contributed by atoms with van der Waals surface area (Å²) in [6, 6.07) is 6.70. The lowest BCUT2D eigenvalue weighted by Crippen LogP contribution is -2.51. The summed E-state index contributed by atoms with van der Waals surface area (Å²) in [5.74, 6) is -1.23. The number of methoxy groups -OCH3 is 1. The van der Waals surface area contributed by atoms with E-state index in [1.54, 1.807) is 25.7 Å². The monoisotopic (exact) mass is 452 g/mol. The molecular weight excluding hydrogens is 420 g/mol. The second-order valence-corrected chi connectivity index (χ2v) is 9.77. The van der Waals surface area contributed by atoms with Crippen LogP contribution in [-0.4, -0.2) is 54.7 Å². The summed E-state index contributed by atoms with van der Waals surface area (Å²) in [5.41, 5.74) is 0.368. The second kappa shape index (κ2) is 10.4. The first-order chi connectivity index (χ1) is 14.4. The van der Waals surface area contributed by atoms with Crippen LogP contribution < -0.4 is 5.32 Å². The number of rotatable bonds is 6. The van der Waals surface area contributed by atoms with Crippen molar-refractivity contribution in [1.29, 1.82) is 0 Å². The zero-order valence-corrected chi connectivity index (χ0v) is 19.9. The van der Waals surface area contributed by atoms with E-state index < -0.39 is 23.7 Å². The molecule has 8 heteroatoms. The fraction of sp³-hybridized carbons (Fsp3) is 0.609. The highest BCUT2D eigenvalue weighted by atomic mass is 35.5. The van der Waals surface area contributed by atoms with Crippen LogP contribution >= 0.6 is 11.6 Å². The molecule has 2 unspecified atom stereocenters. The highest BCUT2D eigenvalue weighted by Gasteiger charge is 2.42. The third kappa shape index (κ3) is 7.13. The van der Waals surface area contributed by atoms with E-state index in [1.807, 2.05) is 38.1 Å². The van der Waals surface area contributed by atoms with Crippen molar-refractivity contribution in [2.24, 2.45) is 17.8 Å². The number of esters is 1. The average molecular weight is 453 g/mol. The van der Waals surface area contributed by atoms with Gasteiger partial charge in [-0.15, -0.1) is 0 Å². The predicted octanol–water partition coefficient (Wildman–Crippen LogP) is 3.68. The van der Waals surface area contributed by atoms with Crippen molar-refractivity contribution in [3.05, 3.63) is 34.9 Å². The number of carbonyl (C=O) groups is 3. The van der Waals surface area contributed by atoms with Crippen LogP contribution in [0, 0.1) is 17.8 Å². The van der Waals surface area contributed by atoms with Crippen molar-refractivity contribution in [1.82, 2.24) is 10.2 Å². The molecule has 0 aromatic heterocycles. The van der Waals surface area contributed by atoms with Crippen molar-refractivity contribution >= 4 is 29.6 Å². The molecule has 1 aromatic rings. The van der Waals surface area contributed by atoms with Crippen LogP contribution in [-0.2, 0) is 25.5 Å². The molecule has 172 valence electrons. The maximum atomic E-state index is 13.3. The van der Waals surface area contributed by atoms with Crippen LogP contribution in [0.25, 0.3) is 0 Å². The van der Waals surface area contributed by atoms with Gasteiger partial charge < -0.3 is 19.7 Å². The lowest BCUT2D eigenvalue weighted by molar-refractivity contribution is -0.146. The van der Waals surface area contributed by atoms with Gasteiger partial charge >= 0.3 is 12.1 Å². The van der Waals surface area contributed by atoms with Gasteiger partial charge in [0, 0.05) is 18.1 Å². The number of hydrogen-bond acceptors (Lipinski definition) is 5. The summed E-state index contributed by atoms with van der Waals surface area (Å²) in [4.78, 5) is 39.6. The number of nitrogens with zero attached hydrogens (tertiary/aromatic N) is 1. The molecule has 1 aliphatic heterocycles. The zero-order chi connectivity index (χ0) is 23.3. The van der Waals surface area contributed by atoms with E-state index in [9.17, 15) is 14.4 Å².